The number of anilines is 1. The fourth-order valence-electron chi connectivity index (χ4n) is 6.52. The Kier molecular flexibility index (Phi) is 8.51. The monoisotopic (exact) mass is 513 g/mol. The maximum atomic E-state index is 14.0. The average Bonchev–Trinajstić information content (AvgIpc) is 3.46. The van der Waals surface area contributed by atoms with Crippen LogP contribution in [0.4, 0.5) is 5.69 Å². The highest BCUT2D eigenvalue weighted by atomic mass is 16.5. The van der Waals surface area contributed by atoms with Crippen molar-refractivity contribution in [2.24, 2.45) is 11.8 Å². The molecule has 5 nitrogen and oxygen atoms in total. The van der Waals surface area contributed by atoms with E-state index in [4.69, 9.17) is 4.74 Å². The summed E-state index contributed by atoms with van der Waals surface area (Å²) >= 11 is 0. The molecule has 5 rings (SSSR count). The number of rotatable bonds is 8. The molecule has 2 aliphatic rings. The molecule has 2 fully saturated rings. The lowest BCUT2D eigenvalue weighted by atomic mass is 9.78. The summed E-state index contributed by atoms with van der Waals surface area (Å²) in [5.74, 6) is 2.58. The molecule has 38 heavy (non-hydrogen) atoms. The Hall–Kier alpha value is -3.08. The minimum Gasteiger partial charge on any atom is -0.496 e. The number of methoxy groups -OCH3 is 1. The zero-order valence-corrected chi connectivity index (χ0v) is 23.4. The maximum absolute atomic E-state index is 14.0. The van der Waals surface area contributed by atoms with E-state index in [0.29, 0.717) is 17.7 Å². The van der Waals surface area contributed by atoms with Gasteiger partial charge in [-0.3, -0.25) is 9.48 Å². The van der Waals surface area contributed by atoms with Gasteiger partial charge in [-0.2, -0.15) is 5.10 Å². The van der Waals surface area contributed by atoms with E-state index in [9.17, 15) is 4.79 Å². The Morgan fingerprint density at radius 2 is 1.79 bits per heavy atom. The lowest BCUT2D eigenvalue weighted by Gasteiger charge is -2.35. The summed E-state index contributed by atoms with van der Waals surface area (Å²) in [5.41, 5.74) is 5.91. The van der Waals surface area contributed by atoms with Crippen molar-refractivity contribution >= 4 is 11.6 Å². The molecule has 1 aromatic heterocycles. The highest BCUT2D eigenvalue weighted by molar-refractivity contribution is 5.95. The number of hydrogen-bond donors (Lipinski definition) is 0. The van der Waals surface area contributed by atoms with Gasteiger partial charge >= 0.3 is 0 Å². The number of benzene rings is 2. The van der Waals surface area contributed by atoms with Crippen molar-refractivity contribution in [2.45, 2.75) is 84.1 Å². The topological polar surface area (TPSA) is 47.4 Å². The van der Waals surface area contributed by atoms with E-state index in [1.807, 2.05) is 10.9 Å². The lowest BCUT2D eigenvalue weighted by molar-refractivity contribution is -0.123. The number of aryl methyl sites for hydroxylation is 2. The average molecular weight is 514 g/mol. The number of nitrogens with zero attached hydrogens (tertiary/aromatic N) is 3. The normalized spacial score (nSPS) is 20.3. The summed E-state index contributed by atoms with van der Waals surface area (Å²) in [4.78, 5) is 16.1. The summed E-state index contributed by atoms with van der Waals surface area (Å²) in [6.07, 6.45) is 14.4. The second-order valence-corrected chi connectivity index (χ2v) is 11.4. The highest BCUT2D eigenvalue weighted by Crippen LogP contribution is 2.39. The molecule has 5 heteroatoms. The largest absolute Gasteiger partial charge is 0.496 e. The van der Waals surface area contributed by atoms with E-state index in [1.54, 1.807) is 7.11 Å². The van der Waals surface area contributed by atoms with Crippen LogP contribution in [0.3, 0.4) is 0 Å². The second-order valence-electron chi connectivity index (χ2n) is 11.4. The molecular formula is C33H43N3O2. The summed E-state index contributed by atoms with van der Waals surface area (Å²) in [7, 11) is 1.74. The van der Waals surface area contributed by atoms with Gasteiger partial charge in [-0.1, -0.05) is 43.5 Å². The van der Waals surface area contributed by atoms with Crippen LogP contribution in [-0.2, 0) is 11.3 Å². The molecule has 0 saturated heterocycles. The van der Waals surface area contributed by atoms with E-state index >= 15 is 0 Å². The molecule has 2 aliphatic carbocycles. The minimum atomic E-state index is 0.161. The number of ether oxygens (including phenoxy) is 1. The molecule has 0 atom stereocenters. The number of aromatic nitrogens is 2. The van der Waals surface area contributed by atoms with Crippen LogP contribution >= 0.6 is 0 Å². The standard InChI is InChI=1S/C33H43N3O2/c1-4-35-23-30(21-34-35)28-11-8-12-31(20-28)36(33(37)27-9-6-5-7-10-27)22-25-13-15-26(16-14-25)29-17-18-32(38-3)24(2)19-29/h8,11-12,17-21,23,25-27H,4-7,9-10,13-16,22H2,1-3H3/t25-,26-. The van der Waals surface area contributed by atoms with Crippen LogP contribution in [-0.4, -0.2) is 29.3 Å². The van der Waals surface area contributed by atoms with Crippen LogP contribution in [0.25, 0.3) is 11.1 Å². The van der Waals surface area contributed by atoms with Crippen molar-refractivity contribution < 1.29 is 9.53 Å². The lowest BCUT2D eigenvalue weighted by Crippen LogP contribution is -2.41. The number of carbonyl (C=O) groups is 1. The van der Waals surface area contributed by atoms with Crippen LogP contribution < -0.4 is 9.64 Å². The summed E-state index contributed by atoms with van der Waals surface area (Å²) in [6, 6.07) is 15.2. The molecule has 3 aromatic rings. The van der Waals surface area contributed by atoms with E-state index in [1.165, 1.54) is 43.2 Å². The van der Waals surface area contributed by atoms with Crippen LogP contribution in [0.15, 0.2) is 54.9 Å². The van der Waals surface area contributed by atoms with Gasteiger partial charge in [-0.25, -0.2) is 0 Å². The molecular weight excluding hydrogens is 470 g/mol. The summed E-state index contributed by atoms with van der Waals surface area (Å²) in [6.45, 7) is 5.90. The van der Waals surface area contributed by atoms with Crippen molar-refractivity contribution in [1.29, 1.82) is 0 Å². The zero-order chi connectivity index (χ0) is 26.5. The van der Waals surface area contributed by atoms with Gasteiger partial charge in [0.05, 0.1) is 13.3 Å². The number of carbonyl (C=O) groups excluding carboxylic acids is 1. The van der Waals surface area contributed by atoms with Gasteiger partial charge in [0.25, 0.3) is 0 Å². The third-order valence-electron chi connectivity index (χ3n) is 8.85. The molecule has 2 aromatic carbocycles. The molecule has 1 heterocycles. The molecule has 0 spiro atoms. The molecule has 0 unspecified atom stereocenters. The predicted molar refractivity (Wildman–Crippen MR) is 155 cm³/mol. The molecule has 0 bridgehead atoms. The maximum Gasteiger partial charge on any atom is 0.230 e. The molecule has 202 valence electrons. The van der Waals surface area contributed by atoms with E-state index in [-0.39, 0.29) is 5.92 Å². The van der Waals surface area contributed by atoms with Gasteiger partial charge < -0.3 is 9.64 Å². The zero-order valence-electron chi connectivity index (χ0n) is 23.4. The Morgan fingerprint density at radius 3 is 2.47 bits per heavy atom. The Bertz CT molecular complexity index is 1220. The van der Waals surface area contributed by atoms with Crippen molar-refractivity contribution in [2.75, 3.05) is 18.6 Å². The minimum absolute atomic E-state index is 0.161. The summed E-state index contributed by atoms with van der Waals surface area (Å²) in [5, 5.41) is 4.46. The molecule has 0 radical (unpaired) electrons. The van der Waals surface area contributed by atoms with E-state index in [0.717, 1.165) is 61.3 Å². The first kappa shape index (κ1) is 26.5. The van der Waals surface area contributed by atoms with Crippen molar-refractivity contribution in [1.82, 2.24) is 9.78 Å². The van der Waals surface area contributed by atoms with E-state index < -0.39 is 0 Å². The van der Waals surface area contributed by atoms with Crippen molar-refractivity contribution in [3.63, 3.8) is 0 Å². The number of hydrogen-bond acceptors (Lipinski definition) is 3. The first-order valence-electron chi connectivity index (χ1n) is 14.6. The third-order valence-corrected chi connectivity index (χ3v) is 8.85. The fraction of sp³-hybridized carbons (Fsp3) is 0.515. The Balaban J connectivity index is 1.33. The quantitative estimate of drug-likeness (QED) is 0.309. The second kappa shape index (κ2) is 12.2. The molecule has 0 N–H and O–H groups in total. The van der Waals surface area contributed by atoms with Crippen LogP contribution in [0, 0.1) is 18.8 Å². The first-order chi connectivity index (χ1) is 18.6. The third kappa shape index (κ3) is 5.98. The smallest absolute Gasteiger partial charge is 0.230 e. The predicted octanol–water partition coefficient (Wildman–Crippen LogP) is 7.77. The van der Waals surface area contributed by atoms with Gasteiger partial charge in [-0.05, 0) is 99.1 Å². The molecule has 2 saturated carbocycles. The first-order valence-corrected chi connectivity index (χ1v) is 14.6. The van der Waals surface area contributed by atoms with Gasteiger partial charge in [0, 0.05) is 36.5 Å². The summed E-state index contributed by atoms with van der Waals surface area (Å²) < 4.78 is 7.42. The van der Waals surface area contributed by atoms with Crippen molar-refractivity contribution in [3.8, 4) is 16.9 Å². The highest BCUT2D eigenvalue weighted by Gasteiger charge is 2.31. The van der Waals surface area contributed by atoms with Gasteiger partial charge in [0.15, 0.2) is 0 Å². The molecule has 0 aliphatic heterocycles. The van der Waals surface area contributed by atoms with E-state index in [2.05, 4.69) is 72.5 Å². The van der Waals surface area contributed by atoms with Crippen LogP contribution in [0.5, 0.6) is 5.75 Å². The Morgan fingerprint density at radius 1 is 1.00 bits per heavy atom. The van der Waals surface area contributed by atoms with Gasteiger partial charge in [0.1, 0.15) is 5.75 Å². The fourth-order valence-corrected chi connectivity index (χ4v) is 6.52. The van der Waals surface area contributed by atoms with Crippen LogP contribution in [0.2, 0.25) is 0 Å². The Labute approximate surface area is 228 Å². The molecule has 1 amide bonds. The van der Waals surface area contributed by atoms with Crippen LogP contribution in [0.1, 0.15) is 81.8 Å². The number of amides is 1. The van der Waals surface area contributed by atoms with Crippen molar-refractivity contribution in [3.05, 3.63) is 66.0 Å². The van der Waals surface area contributed by atoms with Gasteiger partial charge in [0.2, 0.25) is 5.91 Å². The SMILES string of the molecule is CCn1cc(-c2cccc(N(C[C@H]3CC[C@H](c4ccc(OC)c(C)c4)CC3)C(=O)C3CCCCC3)c2)cn1. The van der Waals surface area contributed by atoms with Gasteiger partial charge in [-0.15, -0.1) is 0 Å².